The summed E-state index contributed by atoms with van der Waals surface area (Å²) in [6, 6.07) is 3.32. The minimum atomic E-state index is -3.67. The molecule has 0 saturated heterocycles. The van der Waals surface area contributed by atoms with Crippen LogP contribution in [0.3, 0.4) is 0 Å². The van der Waals surface area contributed by atoms with Gasteiger partial charge in [-0.05, 0) is 19.4 Å². The van der Waals surface area contributed by atoms with E-state index in [1.807, 2.05) is 6.92 Å². The molecule has 0 atom stereocenters. The number of aryl methyl sites for hydroxylation is 1. The van der Waals surface area contributed by atoms with Crippen LogP contribution in [-0.2, 0) is 16.6 Å². The second-order valence-electron chi connectivity index (χ2n) is 4.56. The van der Waals surface area contributed by atoms with Gasteiger partial charge in [0, 0.05) is 25.0 Å². The summed E-state index contributed by atoms with van der Waals surface area (Å²) >= 11 is 0. The molecule has 2 aromatic rings. The molecule has 114 valence electrons. The second kappa shape index (κ2) is 6.68. The third-order valence-electron chi connectivity index (χ3n) is 2.75. The molecule has 7 nitrogen and oxygen atoms in total. The molecule has 2 aromatic heterocycles. The van der Waals surface area contributed by atoms with Gasteiger partial charge in [-0.3, -0.25) is 4.98 Å². The number of nitrogens with zero attached hydrogens (tertiary/aromatic N) is 2. The molecule has 0 amide bonds. The van der Waals surface area contributed by atoms with Gasteiger partial charge in [0.1, 0.15) is 4.90 Å². The summed E-state index contributed by atoms with van der Waals surface area (Å²) in [6.07, 6.45) is 3.77. The third kappa shape index (κ3) is 4.02. The molecule has 0 saturated carbocycles. The van der Waals surface area contributed by atoms with Gasteiger partial charge in [0.15, 0.2) is 5.76 Å². The first-order chi connectivity index (χ1) is 10.0. The Labute approximate surface area is 123 Å². The van der Waals surface area contributed by atoms with Crippen molar-refractivity contribution in [1.29, 1.82) is 0 Å². The Bertz CT molecular complexity index is 697. The molecule has 0 unspecified atom stereocenters. The maximum absolute atomic E-state index is 12.3. The highest BCUT2D eigenvalue weighted by Crippen LogP contribution is 2.19. The fourth-order valence-corrected chi connectivity index (χ4v) is 2.86. The molecule has 2 N–H and O–H groups in total. The summed E-state index contributed by atoms with van der Waals surface area (Å²) in [5.41, 5.74) is 1.24. The van der Waals surface area contributed by atoms with Crippen LogP contribution in [0.15, 0.2) is 33.9 Å². The Morgan fingerprint density at radius 2 is 2.19 bits per heavy atom. The lowest BCUT2D eigenvalue weighted by molar-refractivity contribution is 0.377. The van der Waals surface area contributed by atoms with Crippen LogP contribution >= 0.6 is 0 Å². The molecule has 0 fully saturated rings. The Morgan fingerprint density at radius 1 is 1.38 bits per heavy atom. The lowest BCUT2D eigenvalue weighted by atomic mass is 10.4. The zero-order chi connectivity index (χ0) is 15.3. The molecular formula is C13H18N4O3S. The van der Waals surface area contributed by atoms with Crippen LogP contribution in [0.4, 0.5) is 5.69 Å². The number of sulfonamides is 1. The van der Waals surface area contributed by atoms with Crippen molar-refractivity contribution in [2.45, 2.75) is 31.7 Å². The van der Waals surface area contributed by atoms with Gasteiger partial charge in [-0.1, -0.05) is 12.1 Å². The topological polar surface area (TPSA) is 97.1 Å². The van der Waals surface area contributed by atoms with E-state index in [9.17, 15) is 8.42 Å². The van der Waals surface area contributed by atoms with Crippen molar-refractivity contribution >= 4 is 15.7 Å². The molecule has 0 aliphatic carbocycles. The predicted octanol–water partition coefficient (Wildman–Crippen LogP) is 1.68. The van der Waals surface area contributed by atoms with Crippen molar-refractivity contribution in [1.82, 2.24) is 14.9 Å². The van der Waals surface area contributed by atoms with E-state index in [1.54, 1.807) is 25.3 Å². The van der Waals surface area contributed by atoms with Gasteiger partial charge in [0.25, 0.3) is 0 Å². The molecule has 0 bridgehead atoms. The van der Waals surface area contributed by atoms with Crippen molar-refractivity contribution in [3.63, 3.8) is 0 Å². The average molecular weight is 310 g/mol. The number of hydrogen-bond donors (Lipinski definition) is 2. The Hall–Kier alpha value is -1.93. The lowest BCUT2D eigenvalue weighted by Gasteiger charge is -2.11. The van der Waals surface area contributed by atoms with Crippen molar-refractivity contribution in [2.75, 3.05) is 11.9 Å². The number of aromatic nitrogens is 2. The van der Waals surface area contributed by atoms with E-state index in [0.717, 1.165) is 6.42 Å². The van der Waals surface area contributed by atoms with Crippen LogP contribution in [-0.4, -0.2) is 25.1 Å². The molecule has 0 aliphatic heterocycles. The van der Waals surface area contributed by atoms with E-state index >= 15 is 0 Å². The molecule has 21 heavy (non-hydrogen) atoms. The summed E-state index contributed by atoms with van der Waals surface area (Å²) in [6.45, 7) is 4.52. The average Bonchev–Trinajstić information content (AvgIpc) is 2.89. The minimum absolute atomic E-state index is 0.0469. The standard InChI is InChI=1S/C13H18N4O3S/c1-3-5-15-12-4-6-14-9-13(12)21(18,19)16-8-11-7-10(2)17-20-11/h4,6-7,9,16H,3,5,8H2,1-2H3,(H,14,15). The quantitative estimate of drug-likeness (QED) is 0.807. The van der Waals surface area contributed by atoms with Gasteiger partial charge in [0.05, 0.1) is 17.9 Å². The first kappa shape index (κ1) is 15.5. The van der Waals surface area contributed by atoms with Gasteiger partial charge in [-0.15, -0.1) is 0 Å². The van der Waals surface area contributed by atoms with E-state index in [-0.39, 0.29) is 11.4 Å². The molecule has 0 aromatic carbocycles. The van der Waals surface area contributed by atoms with Gasteiger partial charge in [-0.2, -0.15) is 0 Å². The summed E-state index contributed by atoms with van der Waals surface area (Å²) in [7, 11) is -3.67. The van der Waals surface area contributed by atoms with Crippen molar-refractivity contribution in [2.24, 2.45) is 0 Å². The predicted molar refractivity (Wildman–Crippen MR) is 78.3 cm³/mol. The Morgan fingerprint density at radius 3 is 2.86 bits per heavy atom. The maximum Gasteiger partial charge on any atom is 0.244 e. The van der Waals surface area contributed by atoms with Crippen molar-refractivity contribution < 1.29 is 12.9 Å². The van der Waals surface area contributed by atoms with Crippen LogP contribution in [0.25, 0.3) is 0 Å². The number of anilines is 1. The molecule has 0 spiro atoms. The van der Waals surface area contributed by atoms with Crippen LogP contribution in [0.2, 0.25) is 0 Å². The molecule has 2 heterocycles. The second-order valence-corrected chi connectivity index (χ2v) is 6.29. The first-order valence-electron chi connectivity index (χ1n) is 6.62. The third-order valence-corrected chi connectivity index (χ3v) is 4.18. The molecule has 2 rings (SSSR count). The molecular weight excluding hydrogens is 292 g/mol. The van der Waals surface area contributed by atoms with E-state index in [1.165, 1.54) is 6.20 Å². The van der Waals surface area contributed by atoms with E-state index in [0.29, 0.717) is 23.7 Å². The Balaban J connectivity index is 2.15. The smallest absolute Gasteiger partial charge is 0.244 e. The van der Waals surface area contributed by atoms with Crippen LogP contribution in [0, 0.1) is 6.92 Å². The number of rotatable bonds is 7. The van der Waals surface area contributed by atoms with Gasteiger partial charge >= 0.3 is 0 Å². The first-order valence-corrected chi connectivity index (χ1v) is 8.11. The fraction of sp³-hybridized carbons (Fsp3) is 0.385. The SMILES string of the molecule is CCCNc1ccncc1S(=O)(=O)NCc1cc(C)no1. The van der Waals surface area contributed by atoms with Crippen LogP contribution in [0.1, 0.15) is 24.8 Å². The highest BCUT2D eigenvalue weighted by molar-refractivity contribution is 7.89. The van der Waals surface area contributed by atoms with Crippen molar-refractivity contribution in [3.8, 4) is 0 Å². The summed E-state index contributed by atoms with van der Waals surface area (Å²) in [5, 5.41) is 6.79. The number of pyridine rings is 1. The zero-order valence-corrected chi connectivity index (χ0v) is 12.8. The minimum Gasteiger partial charge on any atom is -0.384 e. The highest BCUT2D eigenvalue weighted by Gasteiger charge is 2.19. The normalized spacial score (nSPS) is 11.5. The summed E-state index contributed by atoms with van der Waals surface area (Å²) in [4.78, 5) is 4.00. The van der Waals surface area contributed by atoms with Gasteiger partial charge < -0.3 is 9.84 Å². The zero-order valence-electron chi connectivity index (χ0n) is 12.0. The molecule has 0 aliphatic rings. The molecule has 8 heteroatoms. The number of hydrogen-bond acceptors (Lipinski definition) is 6. The van der Waals surface area contributed by atoms with Gasteiger partial charge in [-0.25, -0.2) is 13.1 Å². The van der Waals surface area contributed by atoms with E-state index in [2.05, 4.69) is 20.2 Å². The van der Waals surface area contributed by atoms with Crippen LogP contribution in [0.5, 0.6) is 0 Å². The Kier molecular flexibility index (Phi) is 4.92. The summed E-state index contributed by atoms with van der Waals surface area (Å²) in [5.74, 6) is 0.461. The van der Waals surface area contributed by atoms with Crippen molar-refractivity contribution in [3.05, 3.63) is 36.0 Å². The number of nitrogens with one attached hydrogen (secondary N) is 2. The highest BCUT2D eigenvalue weighted by atomic mass is 32.2. The largest absolute Gasteiger partial charge is 0.384 e. The monoisotopic (exact) mass is 310 g/mol. The van der Waals surface area contributed by atoms with E-state index in [4.69, 9.17) is 4.52 Å². The van der Waals surface area contributed by atoms with E-state index < -0.39 is 10.0 Å². The lowest BCUT2D eigenvalue weighted by Crippen LogP contribution is -2.24. The maximum atomic E-state index is 12.3. The van der Waals surface area contributed by atoms with Gasteiger partial charge in [0.2, 0.25) is 10.0 Å². The van der Waals surface area contributed by atoms with Crippen LogP contribution < -0.4 is 10.0 Å². The summed E-state index contributed by atoms with van der Waals surface area (Å²) < 4.78 is 32.1. The fourth-order valence-electron chi connectivity index (χ4n) is 1.74. The molecule has 0 radical (unpaired) electrons.